The van der Waals surface area contributed by atoms with E-state index in [1.54, 1.807) is 71.3 Å². The molecule has 3 N–H and O–H groups in total. The van der Waals surface area contributed by atoms with Gasteiger partial charge in [-0.15, -0.1) is 0 Å². The van der Waals surface area contributed by atoms with Gasteiger partial charge in [-0.2, -0.15) is 0 Å². The predicted octanol–water partition coefficient (Wildman–Crippen LogP) is 5.42. The fourth-order valence-corrected chi connectivity index (χ4v) is 4.38. The van der Waals surface area contributed by atoms with Crippen molar-refractivity contribution >= 4 is 74.9 Å². The monoisotopic (exact) mass is 566 g/mol. The number of rotatable bonds is 5. The molecule has 1 aliphatic heterocycles. The molecule has 3 amide bonds. The van der Waals surface area contributed by atoms with Gasteiger partial charge in [0.25, 0.3) is 5.91 Å². The lowest BCUT2D eigenvalue weighted by Gasteiger charge is -2.27. The smallest absolute Gasteiger partial charge is 0.408 e. The second-order valence-corrected chi connectivity index (χ2v) is 11.6. The van der Waals surface area contributed by atoms with E-state index >= 15 is 0 Å². The summed E-state index contributed by atoms with van der Waals surface area (Å²) in [5, 5.41) is 8.71. The molecule has 0 atom stereocenters. The van der Waals surface area contributed by atoms with Crippen LogP contribution >= 0.6 is 23.4 Å². The Hall–Kier alpha value is -3.96. The average Bonchev–Trinajstić information content (AvgIpc) is 3.17. The number of hydrogen-bond acceptors (Lipinski definition) is 8. The van der Waals surface area contributed by atoms with Crippen molar-refractivity contribution in [2.45, 2.75) is 45.8 Å². The highest BCUT2D eigenvalue weighted by Gasteiger charge is 2.32. The summed E-state index contributed by atoms with van der Waals surface area (Å²) in [5.41, 5.74) is 1.07. The summed E-state index contributed by atoms with van der Waals surface area (Å²) in [6, 6.07) is 10.3. The van der Waals surface area contributed by atoms with Gasteiger partial charge in [0.2, 0.25) is 5.91 Å². The number of amidine groups is 1. The van der Waals surface area contributed by atoms with Crippen LogP contribution in [0.1, 0.15) is 40.2 Å². The maximum Gasteiger partial charge on any atom is 0.408 e. The number of amides is 3. The van der Waals surface area contributed by atoms with Gasteiger partial charge >= 0.3 is 6.09 Å². The Morgan fingerprint density at radius 1 is 1.05 bits per heavy atom. The molecule has 4 rings (SSSR count). The van der Waals surface area contributed by atoms with Crippen molar-refractivity contribution in [1.29, 1.82) is 0 Å². The first-order valence-electron chi connectivity index (χ1n) is 11.9. The van der Waals surface area contributed by atoms with Crippen LogP contribution in [0.2, 0.25) is 5.02 Å². The van der Waals surface area contributed by atoms with Gasteiger partial charge < -0.3 is 20.7 Å². The number of thioether (sulfide) groups is 1. The van der Waals surface area contributed by atoms with Crippen LogP contribution in [0.3, 0.4) is 0 Å². The van der Waals surface area contributed by atoms with Gasteiger partial charge in [-0.1, -0.05) is 17.7 Å². The van der Waals surface area contributed by atoms with E-state index in [0.29, 0.717) is 26.5 Å². The zero-order chi connectivity index (χ0) is 28.4. The summed E-state index contributed by atoms with van der Waals surface area (Å²) < 4.78 is 5.24. The van der Waals surface area contributed by atoms with Crippen LogP contribution in [0.25, 0.3) is 17.1 Å². The van der Waals surface area contributed by atoms with Crippen molar-refractivity contribution in [3.63, 3.8) is 0 Å². The standard InChI is InChI=1S/C27H27ClN6O4S/c1-26(2,3)38-25(37)34-27(4,5)23(36)31-16-7-8-17(28)19(14-16)32-24-33-22(35)21(39-24)13-15-6-9-18-20(12-15)30-11-10-29-18/h6-14H,1-5H3,(H,31,36)(H,34,37)(H,32,33,35). The number of nitrogens with zero attached hydrogens (tertiary/aromatic N) is 3. The number of carbonyl (C=O) groups excluding carboxylic acids is 3. The number of halogens is 1. The number of aromatic nitrogens is 2. The van der Waals surface area contributed by atoms with E-state index in [1.807, 2.05) is 18.2 Å². The first-order valence-corrected chi connectivity index (χ1v) is 13.1. The second kappa shape index (κ2) is 11.0. The number of fused-ring (bicyclic) bond motifs is 1. The summed E-state index contributed by atoms with van der Waals surface area (Å²) in [7, 11) is 0. The summed E-state index contributed by atoms with van der Waals surface area (Å²) in [5.74, 6) is -0.767. The summed E-state index contributed by atoms with van der Waals surface area (Å²) >= 11 is 7.51. The van der Waals surface area contributed by atoms with E-state index in [9.17, 15) is 14.4 Å². The van der Waals surface area contributed by atoms with E-state index < -0.39 is 23.1 Å². The Morgan fingerprint density at radius 2 is 1.77 bits per heavy atom. The van der Waals surface area contributed by atoms with Gasteiger partial charge in [0.1, 0.15) is 11.1 Å². The lowest BCUT2D eigenvalue weighted by molar-refractivity contribution is -0.121. The number of nitrogens with one attached hydrogen (secondary N) is 3. The Bertz CT molecular complexity index is 1530. The van der Waals surface area contributed by atoms with Crippen LogP contribution < -0.4 is 16.0 Å². The van der Waals surface area contributed by atoms with Crippen LogP contribution in [0.15, 0.2) is 58.7 Å². The minimum atomic E-state index is -1.27. The van der Waals surface area contributed by atoms with Gasteiger partial charge in [-0.05, 0) is 88.4 Å². The van der Waals surface area contributed by atoms with E-state index in [4.69, 9.17) is 16.3 Å². The largest absolute Gasteiger partial charge is 0.444 e. The van der Waals surface area contributed by atoms with E-state index in [1.165, 1.54) is 0 Å². The molecule has 1 aliphatic rings. The molecule has 10 nitrogen and oxygen atoms in total. The Labute approximate surface area is 234 Å². The lowest BCUT2D eigenvalue weighted by Crippen LogP contribution is -2.53. The fraction of sp³-hybridized carbons (Fsp3) is 0.259. The molecule has 2 heterocycles. The molecule has 0 aliphatic carbocycles. The lowest BCUT2D eigenvalue weighted by atomic mass is 10.0. The molecule has 0 bridgehead atoms. The number of hydrogen-bond donors (Lipinski definition) is 3. The summed E-state index contributed by atoms with van der Waals surface area (Å²) in [6.07, 6.45) is 4.27. The molecule has 1 aromatic heterocycles. The normalized spacial score (nSPS) is 15.9. The molecule has 39 heavy (non-hydrogen) atoms. The minimum Gasteiger partial charge on any atom is -0.444 e. The SMILES string of the molecule is CC(C)(C)OC(=O)NC(C)(C)C(=O)Nc1ccc(Cl)c(N=C2NC(=O)C(=Cc3ccc4nccnc4c3)S2)c1. The Kier molecular flexibility index (Phi) is 7.94. The Morgan fingerprint density at radius 3 is 2.49 bits per heavy atom. The maximum atomic E-state index is 12.9. The van der Waals surface area contributed by atoms with E-state index in [2.05, 4.69) is 30.9 Å². The van der Waals surface area contributed by atoms with Crippen molar-refractivity contribution in [2.24, 2.45) is 4.99 Å². The zero-order valence-electron chi connectivity index (χ0n) is 22.0. The molecule has 0 unspecified atom stereocenters. The third-order valence-corrected chi connectivity index (χ3v) is 6.48. The number of alkyl carbamates (subject to hydrolysis) is 1. The Balaban J connectivity index is 1.48. The zero-order valence-corrected chi connectivity index (χ0v) is 23.5. The van der Waals surface area contributed by atoms with Gasteiger partial charge in [0.15, 0.2) is 5.17 Å². The average molecular weight is 567 g/mol. The van der Waals surface area contributed by atoms with Crippen LogP contribution in [0, 0.1) is 0 Å². The van der Waals surface area contributed by atoms with Crippen molar-refractivity contribution in [1.82, 2.24) is 20.6 Å². The first-order chi connectivity index (χ1) is 18.3. The van der Waals surface area contributed by atoms with Gasteiger partial charge in [-0.25, -0.2) is 9.79 Å². The van der Waals surface area contributed by atoms with Crippen LogP contribution in [0.5, 0.6) is 0 Å². The molecule has 202 valence electrons. The van der Waals surface area contributed by atoms with Crippen molar-refractivity contribution in [2.75, 3.05) is 5.32 Å². The third kappa shape index (κ3) is 7.33. The minimum absolute atomic E-state index is 0.298. The third-order valence-electron chi connectivity index (χ3n) is 5.25. The number of benzene rings is 2. The van der Waals surface area contributed by atoms with Crippen molar-refractivity contribution in [3.8, 4) is 0 Å². The molecule has 3 aromatic rings. The van der Waals surface area contributed by atoms with Gasteiger partial charge in [-0.3, -0.25) is 19.6 Å². The van der Waals surface area contributed by atoms with Crippen molar-refractivity contribution in [3.05, 3.63) is 64.3 Å². The quantitative estimate of drug-likeness (QED) is 0.351. The highest BCUT2D eigenvalue weighted by atomic mass is 35.5. The molecule has 2 aromatic carbocycles. The molecule has 0 spiro atoms. The highest BCUT2D eigenvalue weighted by molar-refractivity contribution is 8.18. The number of aliphatic imine (C=N–C) groups is 1. The van der Waals surface area contributed by atoms with Crippen LogP contribution in [-0.4, -0.2) is 44.2 Å². The van der Waals surface area contributed by atoms with Crippen molar-refractivity contribution < 1.29 is 19.1 Å². The molecule has 0 saturated carbocycles. The van der Waals surface area contributed by atoms with E-state index in [0.717, 1.165) is 28.4 Å². The summed E-state index contributed by atoms with van der Waals surface area (Å²) in [4.78, 5) is 51.1. The summed E-state index contributed by atoms with van der Waals surface area (Å²) in [6.45, 7) is 8.32. The number of carbonyl (C=O) groups is 3. The molecule has 0 radical (unpaired) electrons. The van der Waals surface area contributed by atoms with Gasteiger partial charge in [0.05, 0.1) is 26.6 Å². The molecular formula is C27H27ClN6O4S. The second-order valence-electron chi connectivity index (χ2n) is 10.2. The number of anilines is 1. The maximum absolute atomic E-state index is 12.9. The van der Waals surface area contributed by atoms with E-state index in [-0.39, 0.29) is 5.91 Å². The molecule has 12 heteroatoms. The van der Waals surface area contributed by atoms with Gasteiger partial charge in [0, 0.05) is 18.1 Å². The number of ether oxygens (including phenoxy) is 1. The topological polar surface area (TPSA) is 135 Å². The molecule has 1 saturated heterocycles. The highest BCUT2D eigenvalue weighted by Crippen LogP contribution is 2.33. The van der Waals surface area contributed by atoms with Crippen LogP contribution in [0.4, 0.5) is 16.2 Å². The molecular weight excluding hydrogens is 540 g/mol. The fourth-order valence-electron chi connectivity index (χ4n) is 3.39. The van der Waals surface area contributed by atoms with Crippen LogP contribution in [-0.2, 0) is 14.3 Å². The predicted molar refractivity (Wildman–Crippen MR) is 154 cm³/mol. The first kappa shape index (κ1) is 28.1. The molecule has 1 fully saturated rings.